The lowest BCUT2D eigenvalue weighted by atomic mass is 10.2. The Kier molecular flexibility index (Phi) is 6.74. The summed E-state index contributed by atoms with van der Waals surface area (Å²) >= 11 is 0. The van der Waals surface area contributed by atoms with Crippen LogP contribution >= 0.6 is 0 Å². The Hall–Kier alpha value is -1.10. The van der Waals surface area contributed by atoms with Gasteiger partial charge in [0.05, 0.1) is 0 Å². The lowest BCUT2D eigenvalue weighted by Crippen LogP contribution is -2.26. The van der Waals surface area contributed by atoms with Crippen LogP contribution in [0.15, 0.2) is 0 Å². The second kappa shape index (κ2) is 7.32. The maximum atomic E-state index is 11.1. The number of carbonyl (C=O) groups is 2. The van der Waals surface area contributed by atoms with E-state index in [4.69, 9.17) is 10.8 Å². The first-order valence-electron chi connectivity index (χ1n) is 4.76. The van der Waals surface area contributed by atoms with Crippen molar-refractivity contribution in [2.75, 3.05) is 6.54 Å². The Morgan fingerprint density at radius 3 is 2.57 bits per heavy atom. The molecule has 0 aliphatic carbocycles. The molecule has 0 aromatic carbocycles. The predicted octanol–water partition coefficient (Wildman–Crippen LogP) is 0.0948. The molecule has 0 spiro atoms. The van der Waals surface area contributed by atoms with E-state index in [1.165, 1.54) is 0 Å². The summed E-state index contributed by atoms with van der Waals surface area (Å²) in [5, 5.41) is 11.0. The molecule has 82 valence electrons. The highest BCUT2D eigenvalue weighted by molar-refractivity contribution is 5.75. The zero-order valence-electron chi connectivity index (χ0n) is 8.45. The molecule has 14 heavy (non-hydrogen) atoms. The van der Waals surface area contributed by atoms with Crippen LogP contribution in [0.25, 0.3) is 0 Å². The van der Waals surface area contributed by atoms with Crippen LogP contribution < -0.4 is 11.1 Å². The Labute approximate surface area is 83.7 Å². The minimum absolute atomic E-state index is 0.0276. The normalized spacial score (nSPS) is 12.1. The predicted molar refractivity (Wildman–Crippen MR) is 52.8 cm³/mol. The van der Waals surface area contributed by atoms with Crippen LogP contribution in [0, 0.1) is 0 Å². The van der Waals surface area contributed by atoms with Gasteiger partial charge < -0.3 is 16.2 Å². The van der Waals surface area contributed by atoms with Gasteiger partial charge in [0.25, 0.3) is 0 Å². The van der Waals surface area contributed by atoms with Crippen molar-refractivity contribution in [2.45, 2.75) is 38.6 Å². The fraction of sp³-hybridized carbons (Fsp3) is 0.778. The van der Waals surface area contributed by atoms with Gasteiger partial charge in [-0.1, -0.05) is 0 Å². The molecule has 0 aromatic heterocycles. The maximum Gasteiger partial charge on any atom is 0.303 e. The van der Waals surface area contributed by atoms with Gasteiger partial charge in [-0.3, -0.25) is 9.59 Å². The molecule has 0 unspecified atom stereocenters. The Morgan fingerprint density at radius 2 is 2.07 bits per heavy atom. The summed E-state index contributed by atoms with van der Waals surface area (Å²) in [6.07, 6.45) is 1.63. The van der Waals surface area contributed by atoms with E-state index in [-0.39, 0.29) is 18.4 Å². The molecule has 5 nitrogen and oxygen atoms in total. The fourth-order valence-electron chi connectivity index (χ4n) is 0.915. The summed E-state index contributed by atoms with van der Waals surface area (Å²) in [6, 6.07) is 0.0276. The van der Waals surface area contributed by atoms with E-state index in [1.54, 1.807) is 0 Å². The van der Waals surface area contributed by atoms with Gasteiger partial charge >= 0.3 is 5.97 Å². The van der Waals surface area contributed by atoms with Gasteiger partial charge in [-0.15, -0.1) is 0 Å². The summed E-state index contributed by atoms with van der Waals surface area (Å²) in [5.74, 6) is -0.900. The molecule has 1 amide bonds. The number of nitrogens with one attached hydrogen (secondary N) is 1. The molecular formula is C9H18N2O3. The largest absolute Gasteiger partial charge is 0.481 e. The Bertz CT molecular complexity index is 192. The molecule has 0 aromatic rings. The zero-order chi connectivity index (χ0) is 11.0. The topological polar surface area (TPSA) is 92.4 Å². The smallest absolute Gasteiger partial charge is 0.303 e. The van der Waals surface area contributed by atoms with E-state index in [9.17, 15) is 9.59 Å². The highest BCUT2D eigenvalue weighted by Crippen LogP contribution is 1.93. The summed E-state index contributed by atoms with van der Waals surface area (Å²) in [7, 11) is 0. The van der Waals surface area contributed by atoms with E-state index >= 15 is 0 Å². The summed E-state index contributed by atoms with van der Waals surface area (Å²) in [6.45, 7) is 2.27. The second-order valence-electron chi connectivity index (χ2n) is 3.36. The first-order chi connectivity index (χ1) is 6.52. The maximum absolute atomic E-state index is 11.1. The number of rotatable bonds is 7. The van der Waals surface area contributed by atoms with E-state index in [1.807, 2.05) is 6.92 Å². The van der Waals surface area contributed by atoms with Crippen LogP contribution in [0.1, 0.15) is 32.6 Å². The molecule has 0 saturated heterocycles. The lowest BCUT2D eigenvalue weighted by molar-refractivity contribution is -0.137. The number of hydrogen-bond acceptors (Lipinski definition) is 3. The van der Waals surface area contributed by atoms with E-state index in [0.717, 1.165) is 0 Å². The van der Waals surface area contributed by atoms with Crippen LogP contribution in [-0.4, -0.2) is 29.6 Å². The summed E-state index contributed by atoms with van der Waals surface area (Å²) < 4.78 is 0. The second-order valence-corrected chi connectivity index (χ2v) is 3.36. The quantitative estimate of drug-likeness (QED) is 0.510. The number of aliphatic carboxylic acids is 1. The molecule has 0 rings (SSSR count). The van der Waals surface area contributed by atoms with Crippen LogP contribution in [0.2, 0.25) is 0 Å². The third-order valence-electron chi connectivity index (χ3n) is 1.72. The molecule has 0 heterocycles. The number of carboxylic acids is 1. The Balaban J connectivity index is 3.31. The molecule has 0 aliphatic heterocycles. The molecule has 4 N–H and O–H groups in total. The standard InChI is InChI=1S/C9H18N2O3/c1-7(10)4-5-8(12)11-6-2-3-9(13)14/h7H,2-6,10H2,1H3,(H,11,12)(H,13,14)/t7-/m0/s1. The fourth-order valence-corrected chi connectivity index (χ4v) is 0.915. The van der Waals surface area contributed by atoms with Crippen molar-refractivity contribution in [3.63, 3.8) is 0 Å². The molecule has 0 aliphatic rings. The van der Waals surface area contributed by atoms with Crippen LogP contribution in [0.3, 0.4) is 0 Å². The van der Waals surface area contributed by atoms with Gasteiger partial charge in [-0.05, 0) is 19.8 Å². The third kappa shape index (κ3) is 8.99. The highest BCUT2D eigenvalue weighted by atomic mass is 16.4. The third-order valence-corrected chi connectivity index (χ3v) is 1.72. The minimum Gasteiger partial charge on any atom is -0.481 e. The van der Waals surface area contributed by atoms with Gasteiger partial charge in [0.2, 0.25) is 5.91 Å². The van der Waals surface area contributed by atoms with Crippen molar-refractivity contribution in [1.82, 2.24) is 5.32 Å². The van der Waals surface area contributed by atoms with Gasteiger partial charge in [-0.25, -0.2) is 0 Å². The van der Waals surface area contributed by atoms with Crippen LogP contribution in [0.5, 0.6) is 0 Å². The molecule has 0 radical (unpaired) electrons. The van der Waals surface area contributed by atoms with Gasteiger partial charge in [0, 0.05) is 25.4 Å². The van der Waals surface area contributed by atoms with E-state index in [2.05, 4.69) is 5.32 Å². The number of amides is 1. The van der Waals surface area contributed by atoms with Crippen molar-refractivity contribution in [3.8, 4) is 0 Å². The first-order valence-corrected chi connectivity index (χ1v) is 4.76. The molecule has 0 fully saturated rings. The van der Waals surface area contributed by atoms with Crippen molar-refractivity contribution in [2.24, 2.45) is 5.73 Å². The van der Waals surface area contributed by atoms with E-state index < -0.39 is 5.97 Å². The van der Waals surface area contributed by atoms with Crippen LogP contribution in [-0.2, 0) is 9.59 Å². The Morgan fingerprint density at radius 1 is 1.43 bits per heavy atom. The monoisotopic (exact) mass is 202 g/mol. The van der Waals surface area contributed by atoms with Crippen molar-refractivity contribution in [3.05, 3.63) is 0 Å². The zero-order valence-corrected chi connectivity index (χ0v) is 8.45. The SMILES string of the molecule is C[C@H](N)CCC(=O)NCCCC(=O)O. The van der Waals surface area contributed by atoms with Gasteiger partial charge in [0.15, 0.2) is 0 Å². The van der Waals surface area contributed by atoms with Crippen LogP contribution in [0.4, 0.5) is 0 Å². The van der Waals surface area contributed by atoms with Gasteiger partial charge in [-0.2, -0.15) is 0 Å². The molecule has 5 heteroatoms. The number of nitrogens with two attached hydrogens (primary N) is 1. The lowest BCUT2D eigenvalue weighted by Gasteiger charge is -2.05. The minimum atomic E-state index is -0.838. The highest BCUT2D eigenvalue weighted by Gasteiger charge is 2.03. The molecule has 1 atom stereocenters. The van der Waals surface area contributed by atoms with Gasteiger partial charge in [0.1, 0.15) is 0 Å². The number of hydrogen-bond donors (Lipinski definition) is 3. The number of carboxylic acid groups (broad SMARTS) is 1. The van der Waals surface area contributed by atoms with Crippen molar-refractivity contribution in [1.29, 1.82) is 0 Å². The number of carbonyl (C=O) groups excluding carboxylic acids is 1. The molecular weight excluding hydrogens is 184 g/mol. The average Bonchev–Trinajstić information content (AvgIpc) is 2.08. The summed E-state index contributed by atoms with van der Waals surface area (Å²) in [5.41, 5.74) is 5.48. The first kappa shape index (κ1) is 12.9. The average molecular weight is 202 g/mol. The molecule has 0 saturated carbocycles. The van der Waals surface area contributed by atoms with Crippen molar-refractivity contribution < 1.29 is 14.7 Å². The molecule has 0 bridgehead atoms. The van der Waals surface area contributed by atoms with Crippen molar-refractivity contribution >= 4 is 11.9 Å². The summed E-state index contributed by atoms with van der Waals surface area (Å²) in [4.78, 5) is 21.2. The van der Waals surface area contributed by atoms with E-state index in [0.29, 0.717) is 25.8 Å².